The lowest BCUT2D eigenvalue weighted by molar-refractivity contribution is -0.119. The number of rotatable bonds is 7. The number of aromatic nitrogens is 2. The molecule has 1 aliphatic carbocycles. The van der Waals surface area contributed by atoms with E-state index in [2.05, 4.69) is 30.7 Å². The van der Waals surface area contributed by atoms with Crippen LogP contribution in [0.2, 0.25) is 0 Å². The van der Waals surface area contributed by atoms with Crippen LogP contribution in [0.5, 0.6) is 0 Å². The summed E-state index contributed by atoms with van der Waals surface area (Å²) in [7, 11) is 0. The second-order valence-corrected chi connectivity index (χ2v) is 9.33. The number of nitrogens with one attached hydrogen (secondary N) is 1. The van der Waals surface area contributed by atoms with E-state index in [0.29, 0.717) is 17.4 Å². The van der Waals surface area contributed by atoms with Crippen LogP contribution in [0, 0.1) is 23.1 Å². The summed E-state index contributed by atoms with van der Waals surface area (Å²) in [6.45, 7) is 12.7. The summed E-state index contributed by atoms with van der Waals surface area (Å²) in [5.74, 6) is 0.690. The van der Waals surface area contributed by atoms with Crippen molar-refractivity contribution in [2.45, 2.75) is 66.2 Å². The maximum atomic E-state index is 13.4. The predicted octanol–water partition coefficient (Wildman–Crippen LogP) is 6.58. The lowest BCUT2D eigenvalue weighted by Gasteiger charge is -2.41. The van der Waals surface area contributed by atoms with Gasteiger partial charge in [-0.25, -0.2) is 14.4 Å². The molecule has 1 fully saturated rings. The summed E-state index contributed by atoms with van der Waals surface area (Å²) < 4.78 is 13.4. The average Bonchev–Trinajstić information content (AvgIpc) is 2.74. The van der Waals surface area contributed by atoms with E-state index < -0.39 is 0 Å². The molecule has 0 bridgehead atoms. The number of benzene rings is 1. The third-order valence-corrected chi connectivity index (χ3v) is 6.62. The van der Waals surface area contributed by atoms with Crippen LogP contribution in [0.15, 0.2) is 42.6 Å². The van der Waals surface area contributed by atoms with E-state index in [1.807, 2.05) is 13.8 Å². The summed E-state index contributed by atoms with van der Waals surface area (Å²) in [6.07, 6.45) is 7.30. The second-order valence-electron chi connectivity index (χ2n) is 9.33. The van der Waals surface area contributed by atoms with E-state index in [-0.39, 0.29) is 23.1 Å². The number of carbonyl (C=O) groups excluding carboxylic acids is 1. The Morgan fingerprint density at radius 3 is 2.65 bits per heavy atom. The summed E-state index contributed by atoms with van der Waals surface area (Å²) in [4.78, 5) is 22.1. The van der Waals surface area contributed by atoms with E-state index in [4.69, 9.17) is 4.98 Å². The second kappa shape index (κ2) is 9.71. The van der Waals surface area contributed by atoms with Gasteiger partial charge in [0.05, 0.1) is 17.6 Å². The summed E-state index contributed by atoms with van der Waals surface area (Å²) in [5.41, 5.74) is 3.63. The van der Waals surface area contributed by atoms with Gasteiger partial charge in [0.1, 0.15) is 5.82 Å². The zero-order valence-corrected chi connectivity index (χ0v) is 19.2. The largest absolute Gasteiger partial charge is 0.309 e. The number of nitrogens with zero attached hydrogens (tertiary/aromatic N) is 2. The number of hydrogen-bond donors (Lipinski definition) is 1. The van der Waals surface area contributed by atoms with Gasteiger partial charge >= 0.3 is 0 Å². The van der Waals surface area contributed by atoms with Crippen molar-refractivity contribution < 1.29 is 9.18 Å². The highest BCUT2D eigenvalue weighted by molar-refractivity contribution is 5.92. The Hall–Kier alpha value is -2.56. The summed E-state index contributed by atoms with van der Waals surface area (Å²) >= 11 is 0. The fourth-order valence-corrected chi connectivity index (χ4v) is 4.70. The van der Waals surface area contributed by atoms with E-state index in [1.165, 1.54) is 17.7 Å². The first-order valence-electron chi connectivity index (χ1n) is 11.3. The molecule has 1 aliphatic rings. The molecular formula is C26H34FN3O. The molecule has 1 saturated carbocycles. The van der Waals surface area contributed by atoms with Crippen LogP contribution >= 0.6 is 0 Å². The Morgan fingerprint density at radius 2 is 2.03 bits per heavy atom. The minimum atomic E-state index is -0.283. The molecule has 3 rings (SSSR count). The van der Waals surface area contributed by atoms with Gasteiger partial charge < -0.3 is 5.32 Å². The number of carbonyl (C=O) groups is 1. The van der Waals surface area contributed by atoms with Crippen molar-refractivity contribution in [1.82, 2.24) is 9.97 Å². The van der Waals surface area contributed by atoms with Gasteiger partial charge in [0.25, 0.3) is 0 Å². The maximum Gasteiger partial charge on any atom is 0.228 e. The molecule has 0 radical (unpaired) electrons. The topological polar surface area (TPSA) is 54.9 Å². The van der Waals surface area contributed by atoms with Crippen LogP contribution in [-0.2, 0) is 11.2 Å². The van der Waals surface area contributed by atoms with Gasteiger partial charge in [0, 0.05) is 11.5 Å². The Morgan fingerprint density at radius 1 is 1.32 bits per heavy atom. The van der Waals surface area contributed by atoms with E-state index in [1.54, 1.807) is 18.3 Å². The normalized spacial score (nSPS) is 22.2. The minimum Gasteiger partial charge on any atom is -0.309 e. The van der Waals surface area contributed by atoms with Gasteiger partial charge in [0.15, 0.2) is 5.82 Å². The Balaban J connectivity index is 2.00. The van der Waals surface area contributed by atoms with Gasteiger partial charge in [-0.05, 0) is 74.1 Å². The van der Waals surface area contributed by atoms with E-state index in [9.17, 15) is 9.18 Å². The van der Waals surface area contributed by atoms with Crippen molar-refractivity contribution in [3.8, 4) is 11.3 Å². The highest BCUT2D eigenvalue weighted by atomic mass is 19.1. The number of anilines is 1. The summed E-state index contributed by atoms with van der Waals surface area (Å²) in [6, 6.07) is 6.27. The Kier molecular flexibility index (Phi) is 7.24. The molecule has 3 unspecified atom stereocenters. The van der Waals surface area contributed by atoms with Crippen molar-refractivity contribution in [3.05, 3.63) is 54.1 Å². The molecule has 5 heteroatoms. The molecule has 1 N–H and O–H groups in total. The molecule has 31 heavy (non-hydrogen) atoms. The molecule has 0 spiro atoms. The number of amides is 1. The molecule has 1 amide bonds. The lowest BCUT2D eigenvalue weighted by atomic mass is 9.65. The molecule has 1 aromatic heterocycles. The molecular weight excluding hydrogens is 389 g/mol. The van der Waals surface area contributed by atoms with Gasteiger partial charge in [0.2, 0.25) is 5.91 Å². The van der Waals surface area contributed by atoms with E-state index >= 15 is 0 Å². The highest BCUT2D eigenvalue weighted by Gasteiger charge is 2.36. The maximum absolute atomic E-state index is 13.4. The van der Waals surface area contributed by atoms with Crippen molar-refractivity contribution in [1.29, 1.82) is 0 Å². The molecule has 0 aliphatic heterocycles. The Bertz CT molecular complexity index is 940. The van der Waals surface area contributed by atoms with Crippen LogP contribution in [0.1, 0.15) is 65.5 Å². The summed E-state index contributed by atoms with van der Waals surface area (Å²) in [5, 5.41) is 3.01. The molecule has 1 aromatic carbocycles. The van der Waals surface area contributed by atoms with Crippen molar-refractivity contribution in [2.24, 2.45) is 17.3 Å². The number of hydrogen-bond acceptors (Lipinski definition) is 3. The standard InChI is InChI=1S/C26H34FN3O/c1-6-19(5)25(31)30-24-22(15-26(7-2)13-17(3)12-18(4)14-26)29-23(16-28-24)20-8-10-21(27)11-9-20/h8-11,16,18-19H,3,6-7,12-15H2,1-2,4-5H3,(H,28,30,31). The van der Waals surface area contributed by atoms with Crippen molar-refractivity contribution in [2.75, 3.05) is 5.32 Å². The Labute approximate surface area is 185 Å². The zero-order chi connectivity index (χ0) is 22.6. The van der Waals surface area contributed by atoms with Gasteiger partial charge in [-0.2, -0.15) is 0 Å². The number of halogens is 1. The predicted molar refractivity (Wildman–Crippen MR) is 124 cm³/mol. The molecule has 2 aromatic rings. The van der Waals surface area contributed by atoms with Crippen LogP contribution in [0.3, 0.4) is 0 Å². The molecule has 166 valence electrons. The zero-order valence-electron chi connectivity index (χ0n) is 19.2. The van der Waals surface area contributed by atoms with E-state index in [0.717, 1.165) is 49.8 Å². The smallest absolute Gasteiger partial charge is 0.228 e. The fraction of sp³-hybridized carbons (Fsp3) is 0.500. The molecule has 4 nitrogen and oxygen atoms in total. The third kappa shape index (κ3) is 5.57. The SMILES string of the molecule is C=C1CC(C)CC(CC)(Cc2nc(-c3ccc(F)cc3)cnc2NC(=O)C(C)CC)C1. The number of allylic oxidation sites excluding steroid dienone is 1. The lowest BCUT2D eigenvalue weighted by Crippen LogP contribution is -2.32. The fourth-order valence-electron chi connectivity index (χ4n) is 4.70. The molecule has 0 saturated heterocycles. The quantitative estimate of drug-likeness (QED) is 0.512. The van der Waals surface area contributed by atoms with Crippen LogP contribution in [-0.4, -0.2) is 15.9 Å². The highest BCUT2D eigenvalue weighted by Crippen LogP contribution is 2.46. The van der Waals surface area contributed by atoms with Crippen LogP contribution < -0.4 is 5.32 Å². The van der Waals surface area contributed by atoms with Gasteiger partial charge in [-0.15, -0.1) is 0 Å². The van der Waals surface area contributed by atoms with Crippen LogP contribution in [0.4, 0.5) is 10.2 Å². The van der Waals surface area contributed by atoms with Crippen molar-refractivity contribution >= 4 is 11.7 Å². The minimum absolute atomic E-state index is 0.0421. The first-order valence-corrected chi connectivity index (χ1v) is 11.3. The molecule has 3 atom stereocenters. The van der Waals surface area contributed by atoms with Gasteiger partial charge in [-0.1, -0.05) is 39.8 Å². The molecule has 1 heterocycles. The first-order chi connectivity index (χ1) is 14.7. The van der Waals surface area contributed by atoms with Gasteiger partial charge in [-0.3, -0.25) is 4.79 Å². The van der Waals surface area contributed by atoms with Crippen LogP contribution in [0.25, 0.3) is 11.3 Å². The monoisotopic (exact) mass is 423 g/mol. The third-order valence-electron chi connectivity index (χ3n) is 6.62. The van der Waals surface area contributed by atoms with Crippen molar-refractivity contribution in [3.63, 3.8) is 0 Å². The average molecular weight is 424 g/mol. The first kappa shape index (κ1) is 23.1.